The molecule has 1 aliphatic rings. The normalized spacial score (nSPS) is 13.8. The van der Waals surface area contributed by atoms with Crippen molar-refractivity contribution in [3.8, 4) is 28.7 Å². The summed E-state index contributed by atoms with van der Waals surface area (Å²) in [7, 11) is 1.30. The highest BCUT2D eigenvalue weighted by atomic mass is 16.6. The third-order valence-electron chi connectivity index (χ3n) is 6.97. The van der Waals surface area contributed by atoms with Crippen LogP contribution in [0.3, 0.4) is 0 Å². The second kappa shape index (κ2) is 12.4. The Morgan fingerprint density at radius 3 is 2.49 bits per heavy atom. The van der Waals surface area contributed by atoms with Gasteiger partial charge < -0.3 is 34.6 Å². The lowest BCUT2D eigenvalue weighted by Crippen LogP contribution is -2.49. The molecule has 4 aromatic rings. The summed E-state index contributed by atoms with van der Waals surface area (Å²) in [4.78, 5) is 29.1. The molecule has 1 amide bonds. The third-order valence-corrected chi connectivity index (χ3v) is 6.97. The highest BCUT2D eigenvalue weighted by Crippen LogP contribution is 2.36. The van der Waals surface area contributed by atoms with Crippen molar-refractivity contribution >= 4 is 28.7 Å². The molecule has 1 aromatic heterocycles. The number of carbonyl (C=O) groups excluding carboxylic acids is 2. The summed E-state index contributed by atoms with van der Waals surface area (Å²) in [5, 5.41) is 17.4. The van der Waals surface area contributed by atoms with Crippen LogP contribution in [0, 0.1) is 11.3 Å². The predicted octanol–water partition coefficient (Wildman–Crippen LogP) is 5.83. The van der Waals surface area contributed by atoms with E-state index in [0.29, 0.717) is 36.8 Å². The summed E-state index contributed by atoms with van der Waals surface area (Å²) in [5.74, 6) is 0.715. The van der Waals surface area contributed by atoms with Crippen LogP contribution >= 0.6 is 0 Å². The summed E-state index contributed by atoms with van der Waals surface area (Å²) in [6, 6.07) is 19.2. The lowest BCUT2D eigenvalue weighted by molar-refractivity contribution is 0.0501. The molecular formula is C33H34N4O6. The summed E-state index contributed by atoms with van der Waals surface area (Å²) >= 11 is 0. The van der Waals surface area contributed by atoms with Crippen LogP contribution in [-0.4, -0.2) is 55.1 Å². The molecule has 0 saturated carbocycles. The number of aromatic nitrogens is 1. The summed E-state index contributed by atoms with van der Waals surface area (Å²) in [6.45, 7) is 6.26. The average Bonchev–Trinajstić information content (AvgIpc) is 3.40. The van der Waals surface area contributed by atoms with Gasteiger partial charge in [-0.15, -0.1) is 0 Å². The number of nitrogens with one attached hydrogen (secondary N) is 3. The number of carbonyl (C=O) groups is 2. The van der Waals surface area contributed by atoms with Gasteiger partial charge in [0.15, 0.2) is 11.5 Å². The van der Waals surface area contributed by atoms with Gasteiger partial charge in [0.2, 0.25) is 0 Å². The van der Waals surface area contributed by atoms with Crippen LogP contribution in [-0.2, 0) is 15.9 Å². The molecule has 2 atom stereocenters. The molecule has 5 rings (SSSR count). The number of fused-ring (bicyclic) bond motifs is 2. The molecule has 43 heavy (non-hydrogen) atoms. The lowest BCUT2D eigenvalue weighted by atomic mass is 9.97. The molecule has 0 saturated heterocycles. The zero-order valence-corrected chi connectivity index (χ0v) is 24.5. The molecule has 0 aliphatic carbocycles. The molecule has 0 spiro atoms. The number of para-hydroxylation sites is 1. The van der Waals surface area contributed by atoms with Crippen molar-refractivity contribution in [3.05, 3.63) is 78.0 Å². The number of rotatable bonds is 8. The first-order chi connectivity index (χ1) is 20.6. The van der Waals surface area contributed by atoms with Gasteiger partial charge in [-0.25, -0.2) is 9.59 Å². The van der Waals surface area contributed by atoms with Gasteiger partial charge in [0.1, 0.15) is 24.9 Å². The smallest absolute Gasteiger partial charge is 0.407 e. The Hall–Kier alpha value is -5.17. The number of alkyl carbamates (subject to hydrolysis) is 1. The Balaban J connectivity index is 1.46. The second-order valence-electron chi connectivity index (χ2n) is 11.2. The molecule has 3 aromatic carbocycles. The summed E-state index contributed by atoms with van der Waals surface area (Å²) in [6.07, 6.45) is 1.53. The minimum atomic E-state index is -0.940. The van der Waals surface area contributed by atoms with Crippen molar-refractivity contribution in [1.29, 1.82) is 5.26 Å². The number of esters is 1. The number of nitrogens with zero attached hydrogens (tertiary/aromatic N) is 1. The fraction of sp³-hybridized carbons (Fsp3) is 0.303. The molecular weight excluding hydrogens is 548 g/mol. The number of methoxy groups -OCH3 is 1. The molecule has 0 fully saturated rings. The first kappa shape index (κ1) is 29.3. The van der Waals surface area contributed by atoms with Gasteiger partial charge in [0.05, 0.1) is 24.8 Å². The SMILES string of the molecule is COC(=O)c1cc(-c2ccc3c(c2)OCCO3)ccc1NC(C#N)[C@H](Cc1c[nH]c2ccccc12)NC(=O)OC(C)(C)C. The Bertz CT molecular complexity index is 1680. The minimum Gasteiger partial charge on any atom is -0.486 e. The first-order valence-corrected chi connectivity index (χ1v) is 14.0. The zero-order chi connectivity index (χ0) is 30.6. The van der Waals surface area contributed by atoms with E-state index in [4.69, 9.17) is 18.9 Å². The Morgan fingerprint density at radius 1 is 1.02 bits per heavy atom. The van der Waals surface area contributed by atoms with E-state index in [1.54, 1.807) is 32.9 Å². The fourth-order valence-corrected chi connectivity index (χ4v) is 4.99. The van der Waals surface area contributed by atoms with E-state index >= 15 is 0 Å². The van der Waals surface area contributed by atoms with Crippen molar-refractivity contribution < 1.29 is 28.5 Å². The van der Waals surface area contributed by atoms with Gasteiger partial charge in [-0.2, -0.15) is 5.26 Å². The number of amides is 1. The van der Waals surface area contributed by atoms with E-state index in [9.17, 15) is 14.9 Å². The van der Waals surface area contributed by atoms with Crippen molar-refractivity contribution in [2.24, 2.45) is 0 Å². The van der Waals surface area contributed by atoms with E-state index in [0.717, 1.165) is 27.6 Å². The van der Waals surface area contributed by atoms with Crippen LogP contribution in [0.1, 0.15) is 36.7 Å². The molecule has 10 nitrogen and oxygen atoms in total. The predicted molar refractivity (Wildman–Crippen MR) is 162 cm³/mol. The monoisotopic (exact) mass is 582 g/mol. The van der Waals surface area contributed by atoms with Gasteiger partial charge in [0, 0.05) is 22.8 Å². The van der Waals surface area contributed by atoms with E-state index in [1.165, 1.54) is 7.11 Å². The van der Waals surface area contributed by atoms with Gasteiger partial charge in [0.25, 0.3) is 0 Å². The second-order valence-corrected chi connectivity index (χ2v) is 11.2. The highest BCUT2D eigenvalue weighted by molar-refractivity contribution is 5.97. The van der Waals surface area contributed by atoms with Crippen molar-refractivity contribution in [3.63, 3.8) is 0 Å². The van der Waals surface area contributed by atoms with Crippen molar-refractivity contribution in [2.75, 3.05) is 25.6 Å². The maximum Gasteiger partial charge on any atom is 0.407 e. The lowest BCUT2D eigenvalue weighted by Gasteiger charge is -2.27. The fourth-order valence-electron chi connectivity index (χ4n) is 4.99. The van der Waals surface area contributed by atoms with Crippen LogP contribution in [0.2, 0.25) is 0 Å². The number of hydrogen-bond donors (Lipinski definition) is 3. The Labute approximate surface area is 249 Å². The van der Waals surface area contributed by atoms with E-state index in [-0.39, 0.29) is 5.56 Å². The Kier molecular flexibility index (Phi) is 8.44. The van der Waals surface area contributed by atoms with Crippen molar-refractivity contribution in [1.82, 2.24) is 10.3 Å². The molecule has 2 heterocycles. The Morgan fingerprint density at radius 2 is 1.74 bits per heavy atom. The highest BCUT2D eigenvalue weighted by Gasteiger charge is 2.29. The van der Waals surface area contributed by atoms with E-state index in [1.807, 2.05) is 54.7 Å². The molecule has 222 valence electrons. The molecule has 10 heteroatoms. The zero-order valence-electron chi connectivity index (χ0n) is 24.5. The van der Waals surface area contributed by atoms with Crippen molar-refractivity contribution in [2.45, 2.75) is 44.9 Å². The molecule has 3 N–H and O–H groups in total. The molecule has 1 aliphatic heterocycles. The quantitative estimate of drug-likeness (QED) is 0.221. The topological polar surface area (TPSA) is 135 Å². The number of H-pyrrole nitrogens is 1. The van der Waals surface area contributed by atoms with Crippen LogP contribution < -0.4 is 20.1 Å². The first-order valence-electron chi connectivity index (χ1n) is 14.0. The van der Waals surface area contributed by atoms with Gasteiger partial charge in [-0.05, 0) is 74.2 Å². The minimum absolute atomic E-state index is 0.234. The molecule has 0 bridgehead atoms. The van der Waals surface area contributed by atoms with Crippen LogP contribution in [0.15, 0.2) is 66.9 Å². The molecule has 1 unspecified atom stereocenters. The van der Waals surface area contributed by atoms with E-state index < -0.39 is 29.7 Å². The van der Waals surface area contributed by atoms with E-state index in [2.05, 4.69) is 21.7 Å². The summed E-state index contributed by atoms with van der Waals surface area (Å²) < 4.78 is 21.9. The third kappa shape index (κ3) is 6.84. The summed E-state index contributed by atoms with van der Waals surface area (Å²) in [5.41, 5.74) is 3.32. The maximum atomic E-state index is 12.9. The number of aromatic amines is 1. The average molecular weight is 583 g/mol. The number of nitriles is 1. The van der Waals surface area contributed by atoms with Crippen LogP contribution in [0.4, 0.5) is 10.5 Å². The molecule has 0 radical (unpaired) electrons. The number of hydrogen-bond acceptors (Lipinski definition) is 8. The largest absolute Gasteiger partial charge is 0.486 e. The van der Waals surface area contributed by atoms with Gasteiger partial charge in [-0.1, -0.05) is 30.3 Å². The maximum absolute atomic E-state index is 12.9. The standard InChI is InChI=1S/C33H34N4O6/c1-33(2,3)43-32(39)37-27(16-22-19-35-25-8-6-5-7-23(22)25)28(18-34)36-26-11-9-20(15-24(26)31(38)40-4)21-10-12-29-30(17-21)42-14-13-41-29/h5-12,15,17,19,27-28,35-36H,13-14,16H2,1-4H3,(H,37,39)/t27-,28?/m0/s1. The number of anilines is 1. The van der Waals surface area contributed by atoms with Crippen LogP contribution in [0.25, 0.3) is 22.0 Å². The van der Waals surface area contributed by atoms with Gasteiger partial charge >= 0.3 is 12.1 Å². The number of benzene rings is 3. The number of ether oxygens (including phenoxy) is 4. The van der Waals surface area contributed by atoms with Gasteiger partial charge in [-0.3, -0.25) is 0 Å². The van der Waals surface area contributed by atoms with Crippen LogP contribution in [0.5, 0.6) is 11.5 Å².